The number of benzene rings is 1. The molecule has 0 radical (unpaired) electrons. The van der Waals surface area contributed by atoms with Gasteiger partial charge >= 0.3 is 0 Å². The molecule has 0 saturated heterocycles. The summed E-state index contributed by atoms with van der Waals surface area (Å²) in [5, 5.41) is 3.08. The quantitative estimate of drug-likeness (QED) is 0.777. The van der Waals surface area contributed by atoms with Gasteiger partial charge in [0.25, 0.3) is 0 Å². The van der Waals surface area contributed by atoms with Gasteiger partial charge in [-0.3, -0.25) is 4.79 Å². The van der Waals surface area contributed by atoms with Gasteiger partial charge in [0.05, 0.1) is 11.4 Å². The van der Waals surface area contributed by atoms with E-state index < -0.39 is 0 Å². The first kappa shape index (κ1) is 10.6. The fourth-order valence-corrected chi connectivity index (χ4v) is 1.31. The Hall–Kier alpha value is -1.51. The molecule has 3 nitrogen and oxygen atoms in total. The molecule has 1 amide bonds. The van der Waals surface area contributed by atoms with Crippen molar-refractivity contribution in [2.24, 2.45) is 0 Å². The predicted molar refractivity (Wildman–Crippen MR) is 59.8 cm³/mol. The number of rotatable bonds is 2. The number of nitrogens with one attached hydrogen (secondary N) is 1. The van der Waals surface area contributed by atoms with E-state index in [4.69, 9.17) is 0 Å². The third kappa shape index (κ3) is 2.05. The average Bonchev–Trinajstić information content (AvgIpc) is 2.16. The Bertz CT molecular complexity index is 347. The van der Waals surface area contributed by atoms with Crippen molar-refractivity contribution in [3.8, 4) is 0 Å². The molecule has 0 aliphatic heterocycles. The molecule has 0 saturated carbocycles. The lowest BCUT2D eigenvalue weighted by Gasteiger charge is -2.19. The first-order valence-corrected chi connectivity index (χ1v) is 4.59. The molecule has 1 aromatic rings. The van der Waals surface area contributed by atoms with Crippen molar-refractivity contribution in [2.45, 2.75) is 13.8 Å². The summed E-state index contributed by atoms with van der Waals surface area (Å²) >= 11 is 0. The number of hydrogen-bond donors (Lipinski definition) is 1. The van der Waals surface area contributed by atoms with Crippen LogP contribution < -0.4 is 10.2 Å². The Balaban J connectivity index is 3.13. The third-order valence-electron chi connectivity index (χ3n) is 2.26. The van der Waals surface area contributed by atoms with Crippen LogP contribution in [0.25, 0.3) is 0 Å². The minimum absolute atomic E-state index is 0.0327. The van der Waals surface area contributed by atoms with Crippen LogP contribution >= 0.6 is 0 Å². The van der Waals surface area contributed by atoms with Gasteiger partial charge in [0, 0.05) is 21.0 Å². The van der Waals surface area contributed by atoms with Crippen LogP contribution in [-0.2, 0) is 4.79 Å². The monoisotopic (exact) mass is 192 g/mol. The number of carbonyl (C=O) groups is 1. The standard InChI is InChI=1S/C11H16N2O/c1-8-5-6-11(10(7-8)12-3)13(4)9(2)14/h5-7,12H,1-4H3. The van der Waals surface area contributed by atoms with Crippen LogP contribution in [0, 0.1) is 6.92 Å². The highest BCUT2D eigenvalue weighted by Crippen LogP contribution is 2.25. The second kappa shape index (κ2) is 4.13. The highest BCUT2D eigenvalue weighted by Gasteiger charge is 2.09. The Morgan fingerprint density at radius 1 is 1.43 bits per heavy atom. The zero-order valence-corrected chi connectivity index (χ0v) is 9.09. The maximum absolute atomic E-state index is 11.2. The summed E-state index contributed by atoms with van der Waals surface area (Å²) in [6, 6.07) is 5.97. The van der Waals surface area contributed by atoms with E-state index in [1.807, 2.05) is 32.2 Å². The van der Waals surface area contributed by atoms with Crippen LogP contribution in [0.2, 0.25) is 0 Å². The van der Waals surface area contributed by atoms with E-state index in [1.54, 1.807) is 18.9 Å². The molecule has 0 atom stereocenters. The molecule has 0 bridgehead atoms. The van der Waals surface area contributed by atoms with Gasteiger partial charge in [-0.2, -0.15) is 0 Å². The van der Waals surface area contributed by atoms with Crippen LogP contribution in [0.4, 0.5) is 11.4 Å². The third-order valence-corrected chi connectivity index (χ3v) is 2.26. The van der Waals surface area contributed by atoms with Crippen molar-refractivity contribution >= 4 is 17.3 Å². The SMILES string of the molecule is CNc1cc(C)ccc1N(C)C(C)=O. The summed E-state index contributed by atoms with van der Waals surface area (Å²) in [7, 11) is 3.63. The maximum atomic E-state index is 11.2. The first-order valence-electron chi connectivity index (χ1n) is 4.59. The molecule has 0 aromatic heterocycles. The Morgan fingerprint density at radius 2 is 2.07 bits per heavy atom. The van der Waals surface area contributed by atoms with E-state index in [9.17, 15) is 4.79 Å². The number of amides is 1. The molecule has 0 heterocycles. The summed E-state index contributed by atoms with van der Waals surface area (Å²) in [5.74, 6) is 0.0327. The average molecular weight is 192 g/mol. The second-order valence-corrected chi connectivity index (χ2v) is 3.35. The fourth-order valence-electron chi connectivity index (χ4n) is 1.31. The molecular formula is C11H16N2O. The highest BCUT2D eigenvalue weighted by atomic mass is 16.2. The van der Waals surface area contributed by atoms with Crippen molar-refractivity contribution in [2.75, 3.05) is 24.3 Å². The topological polar surface area (TPSA) is 32.3 Å². The number of hydrogen-bond acceptors (Lipinski definition) is 2. The summed E-state index contributed by atoms with van der Waals surface area (Å²) in [4.78, 5) is 12.8. The molecule has 0 aliphatic carbocycles. The lowest BCUT2D eigenvalue weighted by atomic mass is 10.2. The minimum Gasteiger partial charge on any atom is -0.386 e. The van der Waals surface area contributed by atoms with E-state index in [2.05, 4.69) is 5.32 Å². The molecule has 1 rings (SSSR count). The normalized spacial score (nSPS) is 9.71. The fraction of sp³-hybridized carbons (Fsp3) is 0.364. The molecular weight excluding hydrogens is 176 g/mol. The molecule has 76 valence electrons. The summed E-state index contributed by atoms with van der Waals surface area (Å²) in [6.45, 7) is 3.58. The lowest BCUT2D eigenvalue weighted by Crippen LogP contribution is -2.23. The Morgan fingerprint density at radius 3 is 2.57 bits per heavy atom. The van der Waals surface area contributed by atoms with Crippen LogP contribution in [0.1, 0.15) is 12.5 Å². The Kier molecular flexibility index (Phi) is 3.12. The molecule has 0 unspecified atom stereocenters. The Labute approximate surface area is 84.7 Å². The lowest BCUT2D eigenvalue weighted by molar-refractivity contribution is -0.116. The number of nitrogens with zero attached hydrogens (tertiary/aromatic N) is 1. The van der Waals surface area contributed by atoms with Crippen molar-refractivity contribution in [3.63, 3.8) is 0 Å². The molecule has 0 spiro atoms. The van der Waals surface area contributed by atoms with Crippen molar-refractivity contribution < 1.29 is 4.79 Å². The zero-order chi connectivity index (χ0) is 10.7. The maximum Gasteiger partial charge on any atom is 0.223 e. The van der Waals surface area contributed by atoms with Gasteiger partial charge < -0.3 is 10.2 Å². The first-order chi connectivity index (χ1) is 6.56. The van der Waals surface area contributed by atoms with E-state index >= 15 is 0 Å². The van der Waals surface area contributed by atoms with Crippen LogP contribution in [0.15, 0.2) is 18.2 Å². The number of aryl methyl sites for hydroxylation is 1. The molecule has 0 fully saturated rings. The molecule has 1 N–H and O–H groups in total. The van der Waals surface area contributed by atoms with Crippen LogP contribution in [0.3, 0.4) is 0 Å². The number of anilines is 2. The van der Waals surface area contributed by atoms with Crippen molar-refractivity contribution in [1.82, 2.24) is 0 Å². The highest BCUT2D eigenvalue weighted by molar-refractivity contribution is 5.94. The van der Waals surface area contributed by atoms with Gasteiger partial charge in [-0.25, -0.2) is 0 Å². The molecule has 3 heteroatoms. The van der Waals surface area contributed by atoms with Gasteiger partial charge in [0.2, 0.25) is 5.91 Å². The predicted octanol–water partition coefficient (Wildman–Crippen LogP) is 2.02. The minimum atomic E-state index is 0.0327. The van der Waals surface area contributed by atoms with E-state index in [-0.39, 0.29) is 5.91 Å². The smallest absolute Gasteiger partial charge is 0.223 e. The van der Waals surface area contributed by atoms with Crippen molar-refractivity contribution in [3.05, 3.63) is 23.8 Å². The summed E-state index contributed by atoms with van der Waals surface area (Å²) in [6.07, 6.45) is 0. The molecule has 0 aliphatic rings. The van der Waals surface area contributed by atoms with Gasteiger partial charge in [0.15, 0.2) is 0 Å². The van der Waals surface area contributed by atoms with E-state index in [0.717, 1.165) is 11.4 Å². The molecule has 14 heavy (non-hydrogen) atoms. The van der Waals surface area contributed by atoms with Crippen LogP contribution in [0.5, 0.6) is 0 Å². The largest absolute Gasteiger partial charge is 0.386 e. The van der Waals surface area contributed by atoms with Gasteiger partial charge in [0.1, 0.15) is 0 Å². The summed E-state index contributed by atoms with van der Waals surface area (Å²) < 4.78 is 0. The second-order valence-electron chi connectivity index (χ2n) is 3.35. The zero-order valence-electron chi connectivity index (χ0n) is 9.09. The number of carbonyl (C=O) groups excluding carboxylic acids is 1. The van der Waals surface area contributed by atoms with Gasteiger partial charge in [-0.15, -0.1) is 0 Å². The van der Waals surface area contributed by atoms with Crippen molar-refractivity contribution in [1.29, 1.82) is 0 Å². The van der Waals surface area contributed by atoms with Crippen LogP contribution in [-0.4, -0.2) is 20.0 Å². The van der Waals surface area contributed by atoms with Gasteiger partial charge in [-0.1, -0.05) is 6.07 Å². The summed E-state index contributed by atoms with van der Waals surface area (Å²) in [5.41, 5.74) is 3.06. The van der Waals surface area contributed by atoms with E-state index in [0.29, 0.717) is 0 Å². The molecule has 1 aromatic carbocycles. The van der Waals surface area contributed by atoms with E-state index in [1.165, 1.54) is 5.56 Å². The van der Waals surface area contributed by atoms with Gasteiger partial charge in [-0.05, 0) is 24.6 Å².